The second-order valence-electron chi connectivity index (χ2n) is 6.20. The number of pyridine rings is 1. The topological polar surface area (TPSA) is 60.5 Å². The van der Waals surface area contributed by atoms with Crippen LogP contribution in [0.15, 0.2) is 66.7 Å². The fourth-order valence-corrected chi connectivity index (χ4v) is 2.87. The van der Waals surface area contributed by atoms with Gasteiger partial charge in [0.25, 0.3) is 11.8 Å². The first-order chi connectivity index (χ1) is 13.7. The summed E-state index contributed by atoms with van der Waals surface area (Å²) >= 11 is 0. The van der Waals surface area contributed by atoms with Gasteiger partial charge in [-0.3, -0.25) is 4.79 Å². The number of aromatic nitrogens is 1. The number of hydrogen-bond donors (Lipinski definition) is 1. The van der Waals surface area contributed by atoms with Gasteiger partial charge in [0.15, 0.2) is 5.75 Å². The normalized spacial score (nSPS) is 10.4. The van der Waals surface area contributed by atoms with Crippen molar-refractivity contribution in [2.24, 2.45) is 0 Å². The van der Waals surface area contributed by atoms with E-state index >= 15 is 0 Å². The van der Waals surface area contributed by atoms with Crippen molar-refractivity contribution in [1.29, 1.82) is 0 Å². The van der Waals surface area contributed by atoms with Gasteiger partial charge in [-0.15, -0.1) is 9.24 Å². The number of carbonyl (C=O) groups excluding carboxylic acids is 1. The highest BCUT2D eigenvalue weighted by Gasteiger charge is 2.20. The largest absolute Gasteiger partial charge is 0.483 e. The fraction of sp³-hybridized carbons (Fsp3) is 0.182. The maximum atomic E-state index is 12.6. The Morgan fingerprint density at radius 2 is 1.54 bits per heavy atom. The van der Waals surface area contributed by atoms with Crippen molar-refractivity contribution in [3.8, 4) is 11.6 Å². The van der Waals surface area contributed by atoms with Crippen LogP contribution in [-0.2, 0) is 13.2 Å². The third-order valence-corrected chi connectivity index (χ3v) is 4.23. The Hall–Kier alpha value is -2.91. The van der Waals surface area contributed by atoms with Crippen molar-refractivity contribution in [2.75, 3.05) is 6.29 Å². The molecule has 6 heteroatoms. The molecule has 2 aromatic carbocycles. The molecule has 0 aliphatic rings. The summed E-state index contributed by atoms with van der Waals surface area (Å²) < 4.78 is 12.0. The molecule has 0 saturated heterocycles. The average molecular weight is 394 g/mol. The quantitative estimate of drug-likeness (QED) is 0.584. The van der Waals surface area contributed by atoms with E-state index in [9.17, 15) is 4.79 Å². The highest BCUT2D eigenvalue weighted by molar-refractivity contribution is 7.16. The zero-order valence-corrected chi connectivity index (χ0v) is 16.9. The van der Waals surface area contributed by atoms with Gasteiger partial charge in [-0.05, 0) is 24.1 Å². The second kappa shape index (κ2) is 9.86. The van der Waals surface area contributed by atoms with Crippen molar-refractivity contribution in [3.05, 3.63) is 89.1 Å². The Kier molecular flexibility index (Phi) is 6.99. The number of rotatable bonds is 8. The zero-order valence-electron chi connectivity index (χ0n) is 15.7. The predicted molar refractivity (Wildman–Crippen MR) is 113 cm³/mol. The molecular weight excluding hydrogens is 371 g/mol. The van der Waals surface area contributed by atoms with Crippen LogP contribution in [0.25, 0.3) is 0 Å². The number of benzene rings is 2. The number of nitrogens with zero attached hydrogens (tertiary/aromatic N) is 1. The molecule has 0 spiro atoms. The minimum Gasteiger partial charge on any atom is -0.483 e. The summed E-state index contributed by atoms with van der Waals surface area (Å²) in [5.74, 6) is 0.433. The van der Waals surface area contributed by atoms with Crippen LogP contribution in [0.1, 0.15) is 27.2 Å². The summed E-state index contributed by atoms with van der Waals surface area (Å²) in [4.78, 5) is 17.0. The SMILES string of the molecule is Cc1cc(C(=O)NCP)c(OCc2ccccc2)c(OCc2ccccc2)n1. The van der Waals surface area contributed by atoms with Crippen LogP contribution in [0.4, 0.5) is 0 Å². The molecule has 0 saturated carbocycles. The van der Waals surface area contributed by atoms with Crippen LogP contribution < -0.4 is 14.8 Å². The van der Waals surface area contributed by atoms with Gasteiger partial charge in [-0.1, -0.05) is 60.7 Å². The maximum absolute atomic E-state index is 12.6. The Balaban J connectivity index is 1.90. The predicted octanol–water partition coefficient (Wildman–Crippen LogP) is 4.11. The summed E-state index contributed by atoms with van der Waals surface area (Å²) in [6.45, 7) is 2.48. The van der Waals surface area contributed by atoms with E-state index in [0.717, 1.165) is 11.1 Å². The van der Waals surface area contributed by atoms with Crippen molar-refractivity contribution < 1.29 is 14.3 Å². The van der Waals surface area contributed by atoms with E-state index in [1.165, 1.54) is 0 Å². The first-order valence-electron chi connectivity index (χ1n) is 9.00. The van der Waals surface area contributed by atoms with Crippen LogP contribution in [-0.4, -0.2) is 17.2 Å². The van der Waals surface area contributed by atoms with E-state index in [4.69, 9.17) is 9.47 Å². The smallest absolute Gasteiger partial charge is 0.258 e. The first kappa shape index (κ1) is 19.8. The maximum Gasteiger partial charge on any atom is 0.258 e. The monoisotopic (exact) mass is 394 g/mol. The number of amides is 1. The van der Waals surface area contributed by atoms with Crippen LogP contribution in [0, 0.1) is 6.92 Å². The lowest BCUT2D eigenvalue weighted by Crippen LogP contribution is -2.23. The molecule has 1 amide bonds. The molecule has 3 rings (SSSR count). The molecule has 3 aromatic rings. The molecule has 1 unspecified atom stereocenters. The minimum atomic E-state index is -0.229. The van der Waals surface area contributed by atoms with Crippen molar-refractivity contribution in [3.63, 3.8) is 0 Å². The summed E-state index contributed by atoms with van der Waals surface area (Å²) in [5, 5.41) is 2.79. The fourth-order valence-electron chi connectivity index (χ4n) is 2.68. The lowest BCUT2D eigenvalue weighted by Gasteiger charge is -2.16. The van der Waals surface area contributed by atoms with Gasteiger partial charge in [-0.2, -0.15) is 0 Å². The molecular formula is C22H23N2O3P. The highest BCUT2D eigenvalue weighted by Crippen LogP contribution is 2.32. The summed E-state index contributed by atoms with van der Waals surface area (Å²) in [7, 11) is 2.48. The Bertz CT molecular complexity index is 918. The Morgan fingerprint density at radius 1 is 0.964 bits per heavy atom. The third-order valence-electron chi connectivity index (χ3n) is 4.02. The van der Waals surface area contributed by atoms with E-state index in [1.54, 1.807) is 6.07 Å². The minimum absolute atomic E-state index is 0.229. The molecule has 0 fully saturated rings. The van der Waals surface area contributed by atoms with Crippen LogP contribution in [0.3, 0.4) is 0 Å². The highest BCUT2D eigenvalue weighted by atomic mass is 31.0. The number of ether oxygens (including phenoxy) is 2. The van der Waals surface area contributed by atoms with Gasteiger partial charge in [0.05, 0.1) is 5.56 Å². The summed E-state index contributed by atoms with van der Waals surface area (Å²) in [5.41, 5.74) is 3.10. The molecule has 0 aliphatic heterocycles. The van der Waals surface area contributed by atoms with Crippen molar-refractivity contribution in [2.45, 2.75) is 20.1 Å². The van der Waals surface area contributed by atoms with E-state index in [1.807, 2.05) is 67.6 Å². The molecule has 28 heavy (non-hydrogen) atoms. The van der Waals surface area contributed by atoms with Gasteiger partial charge in [0.1, 0.15) is 13.2 Å². The molecule has 5 nitrogen and oxygen atoms in total. The molecule has 1 atom stereocenters. The van der Waals surface area contributed by atoms with Gasteiger partial charge in [-0.25, -0.2) is 4.98 Å². The number of carbonyl (C=O) groups is 1. The first-order valence-corrected chi connectivity index (χ1v) is 9.82. The number of aryl methyl sites for hydroxylation is 1. The lowest BCUT2D eigenvalue weighted by molar-refractivity contribution is 0.0954. The molecule has 1 heterocycles. The number of hydrogen-bond acceptors (Lipinski definition) is 4. The van der Waals surface area contributed by atoms with E-state index in [2.05, 4.69) is 19.5 Å². The molecule has 144 valence electrons. The van der Waals surface area contributed by atoms with E-state index in [-0.39, 0.29) is 5.91 Å². The Morgan fingerprint density at radius 3 is 2.11 bits per heavy atom. The lowest BCUT2D eigenvalue weighted by atomic mass is 10.2. The third kappa shape index (κ3) is 5.30. The molecule has 0 aliphatic carbocycles. The molecule has 1 aromatic heterocycles. The van der Waals surface area contributed by atoms with Crippen LogP contribution in [0.5, 0.6) is 11.6 Å². The van der Waals surface area contributed by atoms with Gasteiger partial charge >= 0.3 is 0 Å². The summed E-state index contributed by atoms with van der Waals surface area (Å²) in [6, 6.07) is 21.3. The molecule has 0 bridgehead atoms. The molecule has 1 N–H and O–H groups in total. The standard InChI is InChI=1S/C22H23N2O3P/c1-16-12-19(21(25)23-15-28)20(26-13-17-8-4-2-5-9-17)22(24-16)27-14-18-10-6-3-7-11-18/h2-12H,13-15,28H2,1H3,(H,23,25). The van der Waals surface area contributed by atoms with E-state index in [0.29, 0.717) is 42.4 Å². The Labute approximate surface area is 167 Å². The average Bonchev–Trinajstić information content (AvgIpc) is 2.72. The number of nitrogens with one attached hydrogen (secondary N) is 1. The van der Waals surface area contributed by atoms with Gasteiger partial charge < -0.3 is 14.8 Å². The van der Waals surface area contributed by atoms with Crippen LogP contribution >= 0.6 is 9.24 Å². The van der Waals surface area contributed by atoms with Crippen molar-refractivity contribution >= 4 is 15.1 Å². The van der Waals surface area contributed by atoms with Crippen LogP contribution in [0.2, 0.25) is 0 Å². The van der Waals surface area contributed by atoms with Gasteiger partial charge in [0, 0.05) is 12.0 Å². The molecule has 0 radical (unpaired) electrons. The van der Waals surface area contributed by atoms with Crippen molar-refractivity contribution in [1.82, 2.24) is 10.3 Å². The van der Waals surface area contributed by atoms with E-state index < -0.39 is 0 Å². The summed E-state index contributed by atoms with van der Waals surface area (Å²) in [6.07, 6.45) is 0.443. The zero-order chi connectivity index (χ0) is 19.8. The second-order valence-corrected chi connectivity index (χ2v) is 6.61. The van der Waals surface area contributed by atoms with Gasteiger partial charge in [0.2, 0.25) is 0 Å².